The molecule has 0 fully saturated rings. The number of hydrogen-bond acceptors (Lipinski definition) is 7. The summed E-state index contributed by atoms with van der Waals surface area (Å²) in [4.78, 5) is 29.6. The lowest BCUT2D eigenvalue weighted by molar-refractivity contribution is -0.121. The number of methoxy groups -OCH3 is 1. The highest BCUT2D eigenvalue weighted by atomic mass is 32.1. The van der Waals surface area contributed by atoms with Crippen LogP contribution in [0, 0.1) is 6.92 Å². The molecule has 0 bridgehead atoms. The molecule has 0 aliphatic rings. The molecule has 7 nitrogen and oxygen atoms in total. The van der Waals surface area contributed by atoms with Crippen LogP contribution in [-0.4, -0.2) is 35.4 Å². The second-order valence-corrected chi connectivity index (χ2v) is 8.93. The van der Waals surface area contributed by atoms with Crippen molar-refractivity contribution in [2.45, 2.75) is 13.5 Å². The number of carbonyl (C=O) groups is 2. The van der Waals surface area contributed by atoms with Crippen molar-refractivity contribution in [1.82, 2.24) is 9.78 Å². The molecule has 160 valence electrons. The first kappa shape index (κ1) is 21.1. The van der Waals surface area contributed by atoms with E-state index in [1.54, 1.807) is 46.2 Å². The molecule has 0 aliphatic heterocycles. The second kappa shape index (κ2) is 8.91. The summed E-state index contributed by atoms with van der Waals surface area (Å²) in [7, 11) is 3.43. The van der Waals surface area contributed by atoms with Crippen LogP contribution >= 0.6 is 22.7 Å². The van der Waals surface area contributed by atoms with Crippen LogP contribution < -0.4 is 9.64 Å². The highest BCUT2D eigenvalue weighted by Gasteiger charge is 2.21. The van der Waals surface area contributed by atoms with E-state index in [2.05, 4.69) is 5.10 Å². The van der Waals surface area contributed by atoms with Gasteiger partial charge in [-0.15, -0.1) is 22.7 Å². The Labute approximate surface area is 187 Å². The van der Waals surface area contributed by atoms with Crippen LogP contribution in [0.15, 0.2) is 47.8 Å². The fourth-order valence-electron chi connectivity index (χ4n) is 3.23. The number of fused-ring (bicyclic) bond motifs is 1. The minimum absolute atomic E-state index is 0.300. The number of nitrogens with zero attached hydrogens (tertiary/aromatic N) is 3. The average Bonchev–Trinajstić information content (AvgIpc) is 3.50. The number of aromatic nitrogens is 2. The SMILES string of the molecule is COc1ccc(N(Cc2cccs2)C(=O)COC(=O)c2cc3c(C)nn(C)c3s2)cc1. The zero-order valence-corrected chi connectivity index (χ0v) is 19.0. The Kier molecular flexibility index (Phi) is 6.06. The molecule has 3 aromatic heterocycles. The molecule has 31 heavy (non-hydrogen) atoms. The summed E-state index contributed by atoms with van der Waals surface area (Å²) in [5.74, 6) is -0.112. The molecule has 0 spiro atoms. The number of carbonyl (C=O) groups excluding carboxylic acids is 2. The van der Waals surface area contributed by atoms with Crippen molar-refractivity contribution in [3.05, 3.63) is 63.3 Å². The maximum Gasteiger partial charge on any atom is 0.348 e. The molecule has 0 atom stereocenters. The van der Waals surface area contributed by atoms with Crippen LogP contribution in [0.4, 0.5) is 5.69 Å². The predicted octanol–water partition coefficient (Wildman–Crippen LogP) is 4.40. The van der Waals surface area contributed by atoms with Crippen molar-refractivity contribution in [1.29, 1.82) is 0 Å². The van der Waals surface area contributed by atoms with Crippen molar-refractivity contribution in [2.75, 3.05) is 18.6 Å². The van der Waals surface area contributed by atoms with Crippen LogP contribution in [0.5, 0.6) is 5.75 Å². The standard InChI is InChI=1S/C22H21N3O4S2/c1-14-18-11-19(31-21(18)24(2)23-14)22(27)29-13-20(26)25(12-17-5-4-10-30-17)15-6-8-16(28-3)9-7-15/h4-11H,12-13H2,1-3H3. The summed E-state index contributed by atoms with van der Waals surface area (Å²) >= 11 is 2.87. The van der Waals surface area contributed by atoms with E-state index in [-0.39, 0.29) is 12.5 Å². The maximum absolute atomic E-state index is 13.0. The van der Waals surface area contributed by atoms with Gasteiger partial charge in [-0.05, 0) is 48.7 Å². The summed E-state index contributed by atoms with van der Waals surface area (Å²) < 4.78 is 12.3. The van der Waals surface area contributed by atoms with Crippen LogP contribution in [-0.2, 0) is 23.1 Å². The summed E-state index contributed by atoms with van der Waals surface area (Å²) in [6, 6.07) is 12.9. The number of amides is 1. The molecule has 1 amide bonds. The first-order valence-electron chi connectivity index (χ1n) is 9.53. The van der Waals surface area contributed by atoms with Crippen molar-refractivity contribution in [3.8, 4) is 5.75 Å². The molecule has 9 heteroatoms. The third-order valence-electron chi connectivity index (χ3n) is 4.80. The van der Waals surface area contributed by atoms with E-state index in [0.717, 1.165) is 20.8 Å². The molecule has 0 saturated carbocycles. The van der Waals surface area contributed by atoms with Gasteiger partial charge in [0.1, 0.15) is 15.5 Å². The topological polar surface area (TPSA) is 73.7 Å². The zero-order chi connectivity index (χ0) is 22.0. The van der Waals surface area contributed by atoms with Crippen LogP contribution in [0.25, 0.3) is 10.2 Å². The minimum Gasteiger partial charge on any atom is -0.497 e. The number of esters is 1. The third kappa shape index (κ3) is 4.47. The Hall–Kier alpha value is -3.17. The number of thiophene rings is 2. The quantitative estimate of drug-likeness (QED) is 0.386. The molecule has 0 aliphatic carbocycles. The Morgan fingerprint density at radius 2 is 1.97 bits per heavy atom. The number of hydrogen-bond donors (Lipinski definition) is 0. The van der Waals surface area contributed by atoms with Gasteiger partial charge in [-0.25, -0.2) is 4.79 Å². The predicted molar refractivity (Wildman–Crippen MR) is 122 cm³/mol. The van der Waals surface area contributed by atoms with E-state index >= 15 is 0 Å². The normalized spacial score (nSPS) is 10.9. The molecule has 4 aromatic rings. The Bertz CT molecular complexity index is 1180. The van der Waals surface area contributed by atoms with E-state index in [0.29, 0.717) is 22.9 Å². The molecular formula is C22H21N3O4S2. The lowest BCUT2D eigenvalue weighted by Gasteiger charge is -2.22. The van der Waals surface area contributed by atoms with Gasteiger partial charge in [-0.3, -0.25) is 9.48 Å². The molecule has 0 saturated heterocycles. The maximum atomic E-state index is 13.0. The molecule has 0 unspecified atom stereocenters. The fraction of sp³-hybridized carbons (Fsp3) is 0.227. The van der Waals surface area contributed by atoms with Crippen LogP contribution in [0.1, 0.15) is 20.2 Å². The van der Waals surface area contributed by atoms with Gasteiger partial charge in [0, 0.05) is 23.0 Å². The van der Waals surface area contributed by atoms with Gasteiger partial charge < -0.3 is 14.4 Å². The number of ether oxygens (including phenoxy) is 2. The van der Waals surface area contributed by atoms with Gasteiger partial charge in [0.25, 0.3) is 5.91 Å². The van der Waals surface area contributed by atoms with E-state index in [1.165, 1.54) is 11.3 Å². The van der Waals surface area contributed by atoms with E-state index < -0.39 is 5.97 Å². The molecule has 4 rings (SSSR count). The highest BCUT2D eigenvalue weighted by molar-refractivity contribution is 7.20. The Morgan fingerprint density at radius 3 is 2.61 bits per heavy atom. The summed E-state index contributed by atoms with van der Waals surface area (Å²) in [5.41, 5.74) is 1.56. The zero-order valence-electron chi connectivity index (χ0n) is 17.3. The van der Waals surface area contributed by atoms with E-state index in [9.17, 15) is 9.59 Å². The van der Waals surface area contributed by atoms with Gasteiger partial charge in [0.15, 0.2) is 6.61 Å². The smallest absolute Gasteiger partial charge is 0.348 e. The summed E-state index contributed by atoms with van der Waals surface area (Å²) in [5, 5.41) is 7.22. The number of benzene rings is 1. The monoisotopic (exact) mass is 455 g/mol. The summed E-state index contributed by atoms with van der Waals surface area (Å²) in [6.45, 7) is 1.95. The van der Waals surface area contributed by atoms with Gasteiger partial charge in [0.05, 0.1) is 19.3 Å². The second-order valence-electron chi connectivity index (χ2n) is 6.87. The van der Waals surface area contributed by atoms with Crippen LogP contribution in [0.2, 0.25) is 0 Å². The van der Waals surface area contributed by atoms with Crippen molar-refractivity contribution in [3.63, 3.8) is 0 Å². The first-order chi connectivity index (χ1) is 15.0. The lowest BCUT2D eigenvalue weighted by Crippen LogP contribution is -2.34. The van der Waals surface area contributed by atoms with Crippen LogP contribution in [0.3, 0.4) is 0 Å². The van der Waals surface area contributed by atoms with Gasteiger partial charge in [-0.2, -0.15) is 5.10 Å². The van der Waals surface area contributed by atoms with Crippen molar-refractivity contribution >= 4 is 50.5 Å². The van der Waals surface area contributed by atoms with E-state index in [4.69, 9.17) is 9.47 Å². The number of anilines is 1. The van der Waals surface area contributed by atoms with Gasteiger partial charge in [0.2, 0.25) is 0 Å². The molecule has 1 aromatic carbocycles. The molecular weight excluding hydrogens is 434 g/mol. The highest BCUT2D eigenvalue weighted by Crippen LogP contribution is 2.28. The Morgan fingerprint density at radius 1 is 1.19 bits per heavy atom. The molecule has 0 N–H and O–H groups in total. The lowest BCUT2D eigenvalue weighted by atomic mass is 10.2. The van der Waals surface area contributed by atoms with Gasteiger partial charge in [-0.1, -0.05) is 6.07 Å². The molecule has 0 radical (unpaired) electrons. The molecule has 3 heterocycles. The summed E-state index contributed by atoms with van der Waals surface area (Å²) in [6.07, 6.45) is 0. The number of aryl methyl sites for hydroxylation is 2. The average molecular weight is 456 g/mol. The largest absolute Gasteiger partial charge is 0.497 e. The minimum atomic E-state index is -0.514. The van der Waals surface area contributed by atoms with Gasteiger partial charge >= 0.3 is 5.97 Å². The Balaban J connectivity index is 1.49. The third-order valence-corrected chi connectivity index (χ3v) is 6.85. The number of rotatable bonds is 7. The first-order valence-corrected chi connectivity index (χ1v) is 11.2. The van der Waals surface area contributed by atoms with Crippen molar-refractivity contribution in [2.24, 2.45) is 7.05 Å². The van der Waals surface area contributed by atoms with Crippen molar-refractivity contribution < 1.29 is 19.1 Å². The van der Waals surface area contributed by atoms with E-state index in [1.807, 2.05) is 43.6 Å². The fourth-order valence-corrected chi connectivity index (χ4v) is 4.94.